The lowest BCUT2D eigenvalue weighted by Crippen LogP contribution is -2.25. The van der Waals surface area contributed by atoms with Gasteiger partial charge < -0.3 is 5.11 Å². The molecule has 16 heavy (non-hydrogen) atoms. The highest BCUT2D eigenvalue weighted by atomic mass is 16.6. The van der Waals surface area contributed by atoms with Gasteiger partial charge in [0.05, 0.1) is 0 Å². The first-order valence-electron chi connectivity index (χ1n) is 5.54. The normalized spacial score (nSPS) is 18.2. The summed E-state index contributed by atoms with van der Waals surface area (Å²) in [7, 11) is 0. The summed E-state index contributed by atoms with van der Waals surface area (Å²) in [5, 5.41) is 15.9. The fourth-order valence-corrected chi connectivity index (χ4v) is 1.98. The van der Waals surface area contributed by atoms with Crippen LogP contribution in [0.1, 0.15) is 41.9 Å². The van der Waals surface area contributed by atoms with Gasteiger partial charge in [-0.15, -0.1) is 0 Å². The Morgan fingerprint density at radius 3 is 2.56 bits per heavy atom. The Labute approximate surface area is 93.2 Å². The summed E-state index contributed by atoms with van der Waals surface area (Å²) in [4.78, 5) is 13.0. The van der Waals surface area contributed by atoms with Crippen LogP contribution in [-0.2, 0) is 6.54 Å². The average molecular weight is 225 g/mol. The molecule has 0 atom stereocenters. The van der Waals surface area contributed by atoms with Crippen LogP contribution >= 0.6 is 0 Å². The number of aromatic nitrogens is 2. The third-order valence-corrected chi connectivity index (χ3v) is 2.83. The minimum Gasteiger partial charge on any atom is -0.476 e. The van der Waals surface area contributed by atoms with Crippen LogP contribution in [0.5, 0.6) is 0 Å². The monoisotopic (exact) mass is 225 g/mol. The van der Waals surface area contributed by atoms with Crippen molar-refractivity contribution in [3.05, 3.63) is 11.4 Å². The van der Waals surface area contributed by atoms with E-state index in [2.05, 4.69) is 19.8 Å². The van der Waals surface area contributed by atoms with E-state index < -0.39 is 5.97 Å². The SMILES string of the molecule is O=C(O)c1nonc1CN1CCCCCC1. The van der Waals surface area contributed by atoms with Crippen molar-refractivity contribution < 1.29 is 14.5 Å². The Hall–Kier alpha value is -1.43. The van der Waals surface area contributed by atoms with E-state index in [1.54, 1.807) is 0 Å². The number of carbonyl (C=O) groups is 1. The molecule has 0 bridgehead atoms. The number of rotatable bonds is 3. The first-order chi connectivity index (χ1) is 7.77. The summed E-state index contributed by atoms with van der Waals surface area (Å²) in [5.74, 6) is -1.08. The van der Waals surface area contributed by atoms with Crippen molar-refractivity contribution in [2.45, 2.75) is 32.2 Å². The lowest BCUT2D eigenvalue weighted by Gasteiger charge is -2.17. The molecule has 1 saturated heterocycles. The first-order valence-corrected chi connectivity index (χ1v) is 5.54. The van der Waals surface area contributed by atoms with Crippen molar-refractivity contribution in [1.29, 1.82) is 0 Å². The number of carboxylic acids is 1. The third kappa shape index (κ3) is 2.57. The van der Waals surface area contributed by atoms with E-state index in [0.29, 0.717) is 12.2 Å². The van der Waals surface area contributed by atoms with Gasteiger partial charge in [0.2, 0.25) is 5.69 Å². The molecule has 1 aliphatic heterocycles. The summed E-state index contributed by atoms with van der Waals surface area (Å²) >= 11 is 0. The van der Waals surface area contributed by atoms with Crippen LogP contribution in [0.4, 0.5) is 0 Å². The first kappa shape index (κ1) is 11.1. The lowest BCUT2D eigenvalue weighted by atomic mass is 10.2. The van der Waals surface area contributed by atoms with Crippen LogP contribution in [-0.4, -0.2) is 39.4 Å². The van der Waals surface area contributed by atoms with Gasteiger partial charge in [0, 0.05) is 6.54 Å². The lowest BCUT2D eigenvalue weighted by molar-refractivity contribution is 0.0683. The molecular weight excluding hydrogens is 210 g/mol. The molecule has 88 valence electrons. The fourth-order valence-electron chi connectivity index (χ4n) is 1.98. The van der Waals surface area contributed by atoms with E-state index in [0.717, 1.165) is 25.9 Å². The van der Waals surface area contributed by atoms with Crippen LogP contribution in [0.3, 0.4) is 0 Å². The maximum Gasteiger partial charge on any atom is 0.360 e. The predicted molar refractivity (Wildman–Crippen MR) is 55.0 cm³/mol. The van der Waals surface area contributed by atoms with Gasteiger partial charge in [0.1, 0.15) is 5.69 Å². The predicted octanol–water partition coefficient (Wildman–Crippen LogP) is 1.14. The Bertz CT molecular complexity index is 356. The Morgan fingerprint density at radius 2 is 1.94 bits per heavy atom. The molecule has 6 heteroatoms. The fraction of sp³-hybridized carbons (Fsp3) is 0.700. The standard InChI is InChI=1S/C10H15N3O3/c14-10(15)9-8(11-16-12-9)7-13-5-3-1-2-4-6-13/h1-7H2,(H,14,15). The molecule has 0 spiro atoms. The number of likely N-dealkylation sites (tertiary alicyclic amines) is 1. The van der Waals surface area contributed by atoms with E-state index in [9.17, 15) is 4.79 Å². The maximum atomic E-state index is 10.8. The van der Waals surface area contributed by atoms with Crippen LogP contribution in [0, 0.1) is 0 Å². The van der Waals surface area contributed by atoms with E-state index in [1.807, 2.05) is 0 Å². The molecule has 1 fully saturated rings. The number of hydrogen-bond acceptors (Lipinski definition) is 5. The largest absolute Gasteiger partial charge is 0.476 e. The summed E-state index contributed by atoms with van der Waals surface area (Å²) in [5.41, 5.74) is 0.360. The van der Waals surface area contributed by atoms with E-state index in [-0.39, 0.29) is 5.69 Å². The van der Waals surface area contributed by atoms with Crippen molar-refractivity contribution in [3.63, 3.8) is 0 Å². The van der Waals surface area contributed by atoms with Crippen LogP contribution in [0.25, 0.3) is 0 Å². The van der Waals surface area contributed by atoms with Crippen molar-refractivity contribution in [1.82, 2.24) is 15.2 Å². The second kappa shape index (κ2) is 5.07. The topological polar surface area (TPSA) is 79.5 Å². The molecule has 6 nitrogen and oxygen atoms in total. The minimum atomic E-state index is -1.08. The summed E-state index contributed by atoms with van der Waals surface area (Å²) in [6.07, 6.45) is 4.82. The van der Waals surface area contributed by atoms with Crippen molar-refractivity contribution in [2.24, 2.45) is 0 Å². The molecule has 0 aromatic carbocycles. The van der Waals surface area contributed by atoms with Gasteiger partial charge in [-0.05, 0) is 31.1 Å². The Kier molecular flexibility index (Phi) is 3.51. The number of nitrogens with zero attached hydrogens (tertiary/aromatic N) is 3. The molecule has 0 amide bonds. The molecule has 1 N–H and O–H groups in total. The van der Waals surface area contributed by atoms with E-state index >= 15 is 0 Å². The zero-order chi connectivity index (χ0) is 11.4. The second-order valence-corrected chi connectivity index (χ2v) is 4.06. The average Bonchev–Trinajstić information content (AvgIpc) is 2.55. The molecule has 1 aromatic rings. The van der Waals surface area contributed by atoms with E-state index in [4.69, 9.17) is 5.11 Å². The van der Waals surface area contributed by atoms with Crippen LogP contribution < -0.4 is 0 Å². The highest BCUT2D eigenvalue weighted by Crippen LogP contribution is 2.13. The summed E-state index contributed by atoms with van der Waals surface area (Å²) in [6, 6.07) is 0. The van der Waals surface area contributed by atoms with Gasteiger partial charge >= 0.3 is 5.97 Å². The molecule has 0 aliphatic carbocycles. The van der Waals surface area contributed by atoms with Gasteiger partial charge in [-0.1, -0.05) is 18.0 Å². The molecule has 1 aliphatic rings. The molecular formula is C10H15N3O3. The van der Waals surface area contributed by atoms with Gasteiger partial charge in [-0.3, -0.25) is 4.90 Å². The van der Waals surface area contributed by atoms with Gasteiger partial charge in [-0.2, -0.15) is 0 Å². The van der Waals surface area contributed by atoms with Crippen LogP contribution in [0.15, 0.2) is 4.63 Å². The van der Waals surface area contributed by atoms with Gasteiger partial charge in [-0.25, -0.2) is 9.42 Å². The summed E-state index contributed by atoms with van der Waals surface area (Å²) < 4.78 is 4.47. The van der Waals surface area contributed by atoms with E-state index in [1.165, 1.54) is 12.8 Å². The number of carboxylic acid groups (broad SMARTS) is 1. The van der Waals surface area contributed by atoms with Crippen molar-refractivity contribution in [3.8, 4) is 0 Å². The van der Waals surface area contributed by atoms with Gasteiger partial charge in [0.15, 0.2) is 0 Å². The molecule has 2 heterocycles. The zero-order valence-corrected chi connectivity index (χ0v) is 9.06. The molecule has 0 unspecified atom stereocenters. The second-order valence-electron chi connectivity index (χ2n) is 4.06. The Morgan fingerprint density at radius 1 is 1.25 bits per heavy atom. The molecule has 0 radical (unpaired) electrons. The van der Waals surface area contributed by atoms with Crippen molar-refractivity contribution >= 4 is 5.97 Å². The summed E-state index contributed by atoms with van der Waals surface area (Å²) in [6.45, 7) is 2.50. The number of hydrogen-bond donors (Lipinski definition) is 1. The number of aromatic carboxylic acids is 1. The van der Waals surface area contributed by atoms with Crippen molar-refractivity contribution in [2.75, 3.05) is 13.1 Å². The minimum absolute atomic E-state index is 0.0655. The highest BCUT2D eigenvalue weighted by Gasteiger charge is 2.20. The molecule has 2 rings (SSSR count). The third-order valence-electron chi connectivity index (χ3n) is 2.83. The molecule has 0 saturated carbocycles. The highest BCUT2D eigenvalue weighted by molar-refractivity contribution is 5.86. The zero-order valence-electron chi connectivity index (χ0n) is 9.06. The maximum absolute atomic E-state index is 10.8. The Balaban J connectivity index is 2.01. The van der Waals surface area contributed by atoms with Crippen LogP contribution in [0.2, 0.25) is 0 Å². The quantitative estimate of drug-likeness (QED) is 0.831. The molecule has 1 aromatic heterocycles. The smallest absolute Gasteiger partial charge is 0.360 e. The van der Waals surface area contributed by atoms with Gasteiger partial charge in [0.25, 0.3) is 0 Å².